The van der Waals surface area contributed by atoms with Crippen LogP contribution in [0.25, 0.3) is 33.4 Å². The summed E-state index contributed by atoms with van der Waals surface area (Å²) in [7, 11) is -3.79. The molecule has 9 heteroatoms. The molecule has 0 saturated carbocycles. The Morgan fingerprint density at radius 1 is 0.900 bits per heavy atom. The molecule has 8 nitrogen and oxygen atoms in total. The van der Waals surface area contributed by atoms with E-state index in [1.165, 1.54) is 12.1 Å². The molecule has 1 aliphatic rings. The molecule has 0 unspecified atom stereocenters. The largest absolute Gasteiger partial charge is 0.381 e. The van der Waals surface area contributed by atoms with Crippen molar-refractivity contribution in [2.75, 3.05) is 13.2 Å². The second-order valence-corrected chi connectivity index (χ2v) is 11.8. The topological polar surface area (TPSA) is 116 Å². The highest BCUT2D eigenvalue weighted by Gasteiger charge is 2.24. The minimum atomic E-state index is -3.79. The fourth-order valence-corrected chi connectivity index (χ4v) is 6.05. The van der Waals surface area contributed by atoms with Crippen LogP contribution in [0.3, 0.4) is 0 Å². The normalized spacial score (nSPS) is 14.5. The van der Waals surface area contributed by atoms with Crippen LogP contribution >= 0.6 is 0 Å². The molecule has 0 bridgehead atoms. The Hall–Kier alpha value is -4.05. The van der Waals surface area contributed by atoms with E-state index in [9.17, 15) is 13.8 Å². The summed E-state index contributed by atoms with van der Waals surface area (Å²) in [6.45, 7) is 2.67. The highest BCUT2D eigenvalue weighted by atomic mass is 32.2. The molecule has 3 heterocycles. The SMILES string of the molecule is N=c1c2c(-c3ccccc3)c(-c3ccccc3)n(Cc3ccc(S(N)(=O)=O)cc3)c2ncn1CC1CCOCC1. The molecule has 40 heavy (non-hydrogen) atoms. The van der Waals surface area contributed by atoms with Gasteiger partial charge in [-0.15, -0.1) is 0 Å². The van der Waals surface area contributed by atoms with E-state index >= 15 is 0 Å². The number of benzene rings is 3. The van der Waals surface area contributed by atoms with Gasteiger partial charge in [0, 0.05) is 31.9 Å². The van der Waals surface area contributed by atoms with Gasteiger partial charge in [0.25, 0.3) is 0 Å². The Bertz CT molecular complexity index is 1810. The molecule has 0 radical (unpaired) electrons. The van der Waals surface area contributed by atoms with Crippen molar-refractivity contribution in [3.8, 4) is 22.4 Å². The van der Waals surface area contributed by atoms with Crippen LogP contribution in [0.1, 0.15) is 18.4 Å². The number of nitrogens with two attached hydrogens (primary N) is 1. The standard InChI is InChI=1S/C31H31N5O3S/c32-30-28-27(24-7-3-1-4-8-24)29(25-9-5-2-6-10-25)36(20-22-11-13-26(14-12-22)40(33,37)38)31(28)34-21-35(30)19-23-15-17-39-18-16-23/h1-14,21,23,32H,15-20H2,(H2,33,37,38). The first-order valence-corrected chi connectivity index (χ1v) is 14.9. The van der Waals surface area contributed by atoms with Crippen LogP contribution in [0.5, 0.6) is 0 Å². The summed E-state index contributed by atoms with van der Waals surface area (Å²) >= 11 is 0. The molecule has 1 saturated heterocycles. The molecule has 6 rings (SSSR count). The number of primary sulfonamides is 1. The lowest BCUT2D eigenvalue weighted by molar-refractivity contribution is 0.0608. The van der Waals surface area contributed by atoms with Crippen LogP contribution in [0.4, 0.5) is 0 Å². The summed E-state index contributed by atoms with van der Waals surface area (Å²) in [5.41, 5.74) is 5.97. The van der Waals surface area contributed by atoms with E-state index in [2.05, 4.69) is 28.8 Å². The summed E-state index contributed by atoms with van der Waals surface area (Å²) in [6.07, 6.45) is 3.73. The van der Waals surface area contributed by atoms with Crippen LogP contribution in [-0.4, -0.2) is 35.7 Å². The highest BCUT2D eigenvalue weighted by molar-refractivity contribution is 7.89. The van der Waals surface area contributed by atoms with Gasteiger partial charge in [-0.05, 0) is 47.6 Å². The molecular formula is C31H31N5O3S. The third-order valence-electron chi connectivity index (χ3n) is 7.58. The third-order valence-corrected chi connectivity index (χ3v) is 8.51. The van der Waals surface area contributed by atoms with Crippen LogP contribution in [0.2, 0.25) is 0 Å². The molecule has 0 aliphatic carbocycles. The monoisotopic (exact) mass is 553 g/mol. The van der Waals surface area contributed by atoms with Gasteiger partial charge in [0.05, 0.1) is 22.3 Å². The number of aromatic nitrogens is 3. The molecule has 0 amide bonds. The van der Waals surface area contributed by atoms with Crippen molar-refractivity contribution in [1.82, 2.24) is 14.1 Å². The molecule has 2 aromatic heterocycles. The first kappa shape index (κ1) is 26.2. The van der Waals surface area contributed by atoms with E-state index in [1.54, 1.807) is 18.5 Å². The average molecular weight is 554 g/mol. The number of nitrogens with zero attached hydrogens (tertiary/aromatic N) is 3. The van der Waals surface area contributed by atoms with E-state index in [0.29, 0.717) is 23.6 Å². The van der Waals surface area contributed by atoms with Crippen molar-refractivity contribution in [1.29, 1.82) is 5.41 Å². The summed E-state index contributed by atoms with van der Waals surface area (Å²) < 4.78 is 33.3. The highest BCUT2D eigenvalue weighted by Crippen LogP contribution is 2.39. The Morgan fingerprint density at radius 3 is 2.15 bits per heavy atom. The number of rotatable bonds is 7. The molecule has 0 spiro atoms. The van der Waals surface area contributed by atoms with Gasteiger partial charge in [-0.1, -0.05) is 72.8 Å². The Kier molecular flexibility index (Phi) is 7.10. The van der Waals surface area contributed by atoms with Crippen LogP contribution in [0, 0.1) is 11.3 Å². The molecule has 204 valence electrons. The predicted octanol–water partition coefficient (Wildman–Crippen LogP) is 4.77. The van der Waals surface area contributed by atoms with E-state index in [-0.39, 0.29) is 4.90 Å². The smallest absolute Gasteiger partial charge is 0.238 e. The van der Waals surface area contributed by atoms with Crippen LogP contribution < -0.4 is 10.6 Å². The second kappa shape index (κ2) is 10.8. The van der Waals surface area contributed by atoms with Crippen molar-refractivity contribution in [2.45, 2.75) is 30.8 Å². The Labute approximate surface area is 233 Å². The zero-order valence-electron chi connectivity index (χ0n) is 22.0. The average Bonchev–Trinajstić information content (AvgIpc) is 3.30. The van der Waals surface area contributed by atoms with Gasteiger partial charge in [-0.3, -0.25) is 5.41 Å². The lowest BCUT2D eigenvalue weighted by Gasteiger charge is -2.23. The van der Waals surface area contributed by atoms with Gasteiger partial charge in [-0.25, -0.2) is 18.5 Å². The van der Waals surface area contributed by atoms with Crippen molar-refractivity contribution in [3.63, 3.8) is 0 Å². The minimum Gasteiger partial charge on any atom is -0.381 e. The zero-order valence-corrected chi connectivity index (χ0v) is 22.8. The van der Waals surface area contributed by atoms with Crippen LogP contribution in [0.15, 0.2) is 96.2 Å². The Balaban J connectivity index is 1.59. The molecule has 0 atom stereocenters. The number of nitrogens with one attached hydrogen (secondary N) is 1. The van der Waals surface area contributed by atoms with E-state index in [0.717, 1.165) is 65.9 Å². The minimum absolute atomic E-state index is 0.0718. The van der Waals surface area contributed by atoms with E-state index in [4.69, 9.17) is 14.9 Å². The van der Waals surface area contributed by atoms with Crippen molar-refractivity contribution >= 4 is 21.1 Å². The molecule has 1 fully saturated rings. The fraction of sp³-hybridized carbons (Fsp3) is 0.226. The maximum Gasteiger partial charge on any atom is 0.238 e. The van der Waals surface area contributed by atoms with Gasteiger partial charge in [-0.2, -0.15) is 0 Å². The lowest BCUT2D eigenvalue weighted by atomic mass is 9.98. The summed E-state index contributed by atoms with van der Waals surface area (Å²) in [4.78, 5) is 5.02. The number of sulfonamides is 1. The van der Waals surface area contributed by atoms with Gasteiger partial charge >= 0.3 is 0 Å². The van der Waals surface area contributed by atoms with Crippen molar-refractivity contribution in [3.05, 3.63) is 102 Å². The van der Waals surface area contributed by atoms with Gasteiger partial charge in [0.1, 0.15) is 11.1 Å². The molecule has 1 aliphatic heterocycles. The first-order valence-electron chi connectivity index (χ1n) is 13.4. The molecule has 3 aromatic carbocycles. The lowest BCUT2D eigenvalue weighted by Crippen LogP contribution is -2.28. The van der Waals surface area contributed by atoms with Gasteiger partial charge in [0.2, 0.25) is 10.0 Å². The molecular weight excluding hydrogens is 522 g/mol. The van der Waals surface area contributed by atoms with Crippen molar-refractivity contribution < 1.29 is 13.2 Å². The van der Waals surface area contributed by atoms with E-state index in [1.807, 2.05) is 41.0 Å². The Morgan fingerprint density at radius 2 is 1.52 bits per heavy atom. The molecule has 3 N–H and O–H groups in total. The number of hydrogen-bond acceptors (Lipinski definition) is 5. The number of hydrogen-bond donors (Lipinski definition) is 2. The number of fused-ring (bicyclic) bond motifs is 1. The number of ether oxygens (including phenoxy) is 1. The first-order chi connectivity index (χ1) is 19.4. The van der Waals surface area contributed by atoms with Gasteiger partial charge < -0.3 is 13.9 Å². The predicted molar refractivity (Wildman–Crippen MR) is 155 cm³/mol. The second-order valence-electron chi connectivity index (χ2n) is 10.2. The third kappa shape index (κ3) is 5.11. The summed E-state index contributed by atoms with van der Waals surface area (Å²) in [5.74, 6) is 0.440. The summed E-state index contributed by atoms with van der Waals surface area (Å²) in [6, 6.07) is 26.9. The fourth-order valence-electron chi connectivity index (χ4n) is 5.54. The maximum absolute atomic E-state index is 11.8. The van der Waals surface area contributed by atoms with Crippen LogP contribution in [-0.2, 0) is 27.8 Å². The molecule has 5 aromatic rings. The maximum atomic E-state index is 11.8. The van der Waals surface area contributed by atoms with Gasteiger partial charge in [0.15, 0.2) is 0 Å². The quantitative estimate of drug-likeness (QED) is 0.302. The van der Waals surface area contributed by atoms with Crippen molar-refractivity contribution in [2.24, 2.45) is 11.1 Å². The summed E-state index contributed by atoms with van der Waals surface area (Å²) in [5, 5.41) is 15.5. The van der Waals surface area contributed by atoms with E-state index < -0.39 is 10.0 Å². The zero-order chi connectivity index (χ0) is 27.7.